The van der Waals surface area contributed by atoms with Gasteiger partial charge in [0.1, 0.15) is 0 Å². The highest BCUT2D eigenvalue weighted by Crippen LogP contribution is 2.25. The van der Waals surface area contributed by atoms with E-state index in [1.54, 1.807) is 0 Å². The number of piperidine rings is 1. The Bertz CT molecular complexity index is 470. The summed E-state index contributed by atoms with van der Waals surface area (Å²) >= 11 is 4.99. The summed E-state index contributed by atoms with van der Waals surface area (Å²) in [5.41, 5.74) is 0. The van der Waals surface area contributed by atoms with Crippen molar-refractivity contribution < 1.29 is 4.79 Å². The lowest BCUT2D eigenvalue weighted by molar-refractivity contribution is 0.0939. The Labute approximate surface area is 133 Å². The first-order chi connectivity index (χ1) is 9.74. The van der Waals surface area contributed by atoms with E-state index in [9.17, 15) is 4.79 Å². The maximum atomic E-state index is 12.3. The fraction of sp³-hybridized carbons (Fsp3) is 0.667. The summed E-state index contributed by atoms with van der Waals surface area (Å²) < 4.78 is 0.944. The zero-order valence-electron chi connectivity index (χ0n) is 11.7. The molecule has 0 saturated carbocycles. The predicted molar refractivity (Wildman–Crippen MR) is 86.6 cm³/mol. The highest BCUT2D eigenvalue weighted by atomic mass is 79.9. The van der Waals surface area contributed by atoms with Gasteiger partial charge in [0.05, 0.1) is 11.4 Å². The molecule has 0 aromatic carbocycles. The van der Waals surface area contributed by atoms with E-state index in [1.807, 2.05) is 11.4 Å². The van der Waals surface area contributed by atoms with Crippen LogP contribution in [-0.2, 0) is 0 Å². The summed E-state index contributed by atoms with van der Waals surface area (Å²) in [5, 5.41) is 1.97. The maximum absolute atomic E-state index is 12.3. The van der Waals surface area contributed by atoms with Gasteiger partial charge in [-0.2, -0.15) is 0 Å². The minimum atomic E-state index is 0.256. The number of hydrogen-bond acceptors (Lipinski definition) is 4. The smallest absolute Gasteiger partial charge is 0.187 e. The van der Waals surface area contributed by atoms with Crippen molar-refractivity contribution in [2.75, 3.05) is 32.7 Å². The van der Waals surface area contributed by atoms with Crippen LogP contribution < -0.4 is 0 Å². The topological polar surface area (TPSA) is 23.6 Å². The Morgan fingerprint density at radius 3 is 2.80 bits per heavy atom. The Balaban J connectivity index is 1.52. The van der Waals surface area contributed by atoms with Gasteiger partial charge in [0.15, 0.2) is 5.78 Å². The summed E-state index contributed by atoms with van der Waals surface area (Å²) in [4.78, 5) is 18.1. The molecule has 110 valence electrons. The lowest BCUT2D eigenvalue weighted by atomic mass is 10.1. The molecular weight excluding hydrogens is 336 g/mol. The minimum absolute atomic E-state index is 0.256. The Kier molecular flexibility index (Phi) is 4.91. The first-order valence-corrected chi connectivity index (χ1v) is 9.14. The van der Waals surface area contributed by atoms with Crippen LogP contribution in [-0.4, -0.2) is 54.3 Å². The van der Waals surface area contributed by atoms with E-state index in [1.165, 1.54) is 50.1 Å². The second kappa shape index (κ2) is 6.69. The third-order valence-corrected chi connectivity index (χ3v) is 6.27. The number of halogens is 1. The van der Waals surface area contributed by atoms with Crippen LogP contribution in [0.15, 0.2) is 15.9 Å². The van der Waals surface area contributed by atoms with E-state index in [4.69, 9.17) is 0 Å². The predicted octanol–water partition coefficient (Wildman–Crippen LogP) is 3.25. The molecule has 5 heteroatoms. The molecule has 0 aliphatic carbocycles. The van der Waals surface area contributed by atoms with Crippen LogP contribution in [0, 0.1) is 0 Å². The van der Waals surface area contributed by atoms with Crippen molar-refractivity contribution in [1.29, 1.82) is 0 Å². The molecule has 2 saturated heterocycles. The molecule has 3 nitrogen and oxygen atoms in total. The zero-order chi connectivity index (χ0) is 13.9. The van der Waals surface area contributed by atoms with Crippen molar-refractivity contribution in [3.63, 3.8) is 0 Å². The maximum Gasteiger partial charge on any atom is 0.187 e. The minimum Gasteiger partial charge on any atom is -0.299 e. The van der Waals surface area contributed by atoms with E-state index >= 15 is 0 Å². The van der Waals surface area contributed by atoms with Gasteiger partial charge in [0, 0.05) is 23.6 Å². The Morgan fingerprint density at radius 2 is 2.10 bits per heavy atom. The molecule has 0 radical (unpaired) electrons. The van der Waals surface area contributed by atoms with Gasteiger partial charge >= 0.3 is 0 Å². The highest BCUT2D eigenvalue weighted by molar-refractivity contribution is 9.10. The number of likely N-dealkylation sites (tertiary alicyclic amines) is 2. The first kappa shape index (κ1) is 14.7. The van der Waals surface area contributed by atoms with Crippen LogP contribution in [0.3, 0.4) is 0 Å². The molecule has 1 aromatic rings. The second-order valence-electron chi connectivity index (χ2n) is 5.80. The summed E-state index contributed by atoms with van der Waals surface area (Å²) in [6, 6.07) is 2.63. The first-order valence-electron chi connectivity index (χ1n) is 7.46. The van der Waals surface area contributed by atoms with Crippen LogP contribution in [0.25, 0.3) is 0 Å². The molecule has 0 amide bonds. The van der Waals surface area contributed by atoms with Crippen molar-refractivity contribution >= 4 is 33.0 Å². The number of hydrogen-bond donors (Lipinski definition) is 0. The summed E-state index contributed by atoms with van der Waals surface area (Å²) in [6.07, 6.45) is 5.30. The molecule has 3 heterocycles. The van der Waals surface area contributed by atoms with Gasteiger partial charge < -0.3 is 0 Å². The Morgan fingerprint density at radius 1 is 1.30 bits per heavy atom. The van der Waals surface area contributed by atoms with Gasteiger partial charge in [-0.25, -0.2) is 0 Å². The Hall–Kier alpha value is -0.230. The van der Waals surface area contributed by atoms with Crippen LogP contribution in [0.1, 0.15) is 35.4 Å². The summed E-state index contributed by atoms with van der Waals surface area (Å²) in [7, 11) is 0. The molecule has 0 bridgehead atoms. The lowest BCUT2D eigenvalue weighted by Crippen LogP contribution is -2.41. The van der Waals surface area contributed by atoms with E-state index in [-0.39, 0.29) is 5.78 Å². The van der Waals surface area contributed by atoms with Crippen LogP contribution in [0.5, 0.6) is 0 Å². The van der Waals surface area contributed by atoms with Crippen molar-refractivity contribution in [2.24, 2.45) is 0 Å². The van der Waals surface area contributed by atoms with E-state index < -0.39 is 0 Å². The van der Waals surface area contributed by atoms with E-state index in [0.717, 1.165) is 22.4 Å². The largest absolute Gasteiger partial charge is 0.299 e. The molecule has 1 atom stereocenters. The average molecular weight is 357 g/mol. The van der Waals surface area contributed by atoms with Crippen molar-refractivity contribution in [3.05, 3.63) is 20.8 Å². The second-order valence-corrected chi connectivity index (χ2v) is 7.57. The summed E-state index contributed by atoms with van der Waals surface area (Å²) in [5.74, 6) is 0.256. The van der Waals surface area contributed by atoms with Gasteiger partial charge in [-0.1, -0.05) is 6.42 Å². The van der Waals surface area contributed by atoms with Crippen molar-refractivity contribution in [3.8, 4) is 0 Å². The molecule has 0 N–H and O–H groups in total. The van der Waals surface area contributed by atoms with Gasteiger partial charge in [0.25, 0.3) is 0 Å². The molecule has 20 heavy (non-hydrogen) atoms. The van der Waals surface area contributed by atoms with Crippen LogP contribution in [0.2, 0.25) is 0 Å². The molecule has 1 unspecified atom stereocenters. The van der Waals surface area contributed by atoms with Gasteiger partial charge in [-0.05, 0) is 59.7 Å². The molecule has 2 aliphatic rings. The average Bonchev–Trinajstić information content (AvgIpc) is 3.09. The number of nitrogens with zero attached hydrogens (tertiary/aromatic N) is 2. The van der Waals surface area contributed by atoms with Crippen LogP contribution in [0.4, 0.5) is 0 Å². The van der Waals surface area contributed by atoms with Crippen LogP contribution >= 0.6 is 27.3 Å². The number of Topliss-reactive ketones (excluding diaryl/α,β-unsaturated/α-hetero) is 1. The number of rotatable bonds is 4. The normalized spacial score (nSPS) is 25.1. The fourth-order valence-corrected chi connectivity index (χ4v) is 4.83. The van der Waals surface area contributed by atoms with Gasteiger partial charge in [-0.15, -0.1) is 11.3 Å². The summed E-state index contributed by atoms with van der Waals surface area (Å²) in [6.45, 7) is 5.21. The fourth-order valence-electron chi connectivity index (χ4n) is 3.30. The molecule has 2 fully saturated rings. The molecule has 1 aromatic heterocycles. The lowest BCUT2D eigenvalue weighted by Gasteiger charge is -2.32. The monoisotopic (exact) mass is 356 g/mol. The quantitative estimate of drug-likeness (QED) is 0.773. The van der Waals surface area contributed by atoms with Gasteiger partial charge in [-0.3, -0.25) is 14.6 Å². The SMILES string of the molecule is O=C(CN1CCC(N2CCCCC2)C1)c1sccc1Br. The molecule has 3 rings (SSSR count). The number of thiophene rings is 1. The third kappa shape index (κ3) is 3.32. The standard InChI is InChI=1S/C15H21BrN2OS/c16-13-5-9-20-15(13)14(19)11-17-8-4-12(10-17)18-6-2-1-3-7-18/h5,9,12H,1-4,6-8,10-11H2. The van der Waals surface area contributed by atoms with Crippen molar-refractivity contribution in [2.45, 2.75) is 31.7 Å². The van der Waals surface area contributed by atoms with Gasteiger partial charge in [0.2, 0.25) is 0 Å². The molecular formula is C15H21BrN2OS. The zero-order valence-corrected chi connectivity index (χ0v) is 14.1. The third-order valence-electron chi connectivity index (χ3n) is 4.39. The molecule has 0 spiro atoms. The van der Waals surface area contributed by atoms with E-state index in [2.05, 4.69) is 25.7 Å². The highest BCUT2D eigenvalue weighted by Gasteiger charge is 2.29. The number of carbonyl (C=O) groups is 1. The number of ketones is 1. The number of carbonyl (C=O) groups excluding carboxylic acids is 1. The van der Waals surface area contributed by atoms with E-state index in [0.29, 0.717) is 12.6 Å². The van der Waals surface area contributed by atoms with Crippen molar-refractivity contribution in [1.82, 2.24) is 9.80 Å². The molecule has 2 aliphatic heterocycles.